The molecule has 0 radical (unpaired) electrons. The van der Waals surface area contributed by atoms with Gasteiger partial charge in [-0.25, -0.2) is 4.79 Å². The van der Waals surface area contributed by atoms with Gasteiger partial charge in [0.15, 0.2) is 0 Å². The molecule has 0 unspecified atom stereocenters. The van der Waals surface area contributed by atoms with Crippen molar-refractivity contribution >= 4 is 17.6 Å². The molecule has 1 aromatic carbocycles. The van der Waals surface area contributed by atoms with Crippen LogP contribution in [0.4, 0.5) is 27.6 Å². The number of rotatable bonds is 3. The summed E-state index contributed by atoms with van der Waals surface area (Å²) in [5, 5.41) is 10.3. The smallest absolute Gasteiger partial charge is 0.463 e. The van der Waals surface area contributed by atoms with Crippen LogP contribution in [0.25, 0.3) is 0 Å². The maximum atomic E-state index is 12.8. The van der Waals surface area contributed by atoms with Crippen molar-refractivity contribution in [2.24, 2.45) is 0 Å². The van der Waals surface area contributed by atoms with E-state index in [2.05, 4.69) is 0 Å². The molecule has 0 aliphatic carbocycles. The number of anilines is 1. The lowest BCUT2D eigenvalue weighted by molar-refractivity contribution is -0.267. The molecule has 2 N–H and O–H groups in total. The Morgan fingerprint density at radius 2 is 1.62 bits per heavy atom. The summed E-state index contributed by atoms with van der Waals surface area (Å²) < 4.78 is 61.7. The van der Waals surface area contributed by atoms with Crippen molar-refractivity contribution in [3.05, 3.63) is 28.8 Å². The molecule has 0 aliphatic rings. The fraction of sp³-hybridized carbons (Fsp3) is 0.333. The lowest BCUT2D eigenvalue weighted by atomic mass is 10.0. The molecule has 1 aromatic rings. The van der Waals surface area contributed by atoms with Crippen LogP contribution in [0.1, 0.15) is 21.5 Å². The number of alkyl halides is 5. The van der Waals surface area contributed by atoms with E-state index < -0.39 is 29.7 Å². The summed E-state index contributed by atoms with van der Waals surface area (Å²) in [7, 11) is 0. The zero-order chi connectivity index (χ0) is 16.6. The Kier molecular flexibility index (Phi) is 4.26. The highest BCUT2D eigenvalue weighted by molar-refractivity contribution is 5.98. The van der Waals surface area contributed by atoms with Crippen LogP contribution in [0.15, 0.2) is 12.1 Å². The van der Waals surface area contributed by atoms with E-state index in [-0.39, 0.29) is 5.56 Å². The molecule has 1 rings (SSSR count). The second-order valence-corrected chi connectivity index (χ2v) is 4.30. The number of carboxylic acids is 1. The summed E-state index contributed by atoms with van der Waals surface area (Å²) in [5.74, 6) is -9.54. The topological polar surface area (TPSA) is 66.4 Å². The number of aryl methyl sites for hydroxylation is 1. The highest BCUT2D eigenvalue weighted by Crippen LogP contribution is 2.36. The van der Waals surface area contributed by atoms with Crippen molar-refractivity contribution in [3.8, 4) is 0 Å². The van der Waals surface area contributed by atoms with E-state index in [1.54, 1.807) is 0 Å². The molecule has 0 saturated carbocycles. The van der Waals surface area contributed by atoms with E-state index in [0.717, 1.165) is 12.1 Å². The first-order valence-electron chi connectivity index (χ1n) is 5.48. The van der Waals surface area contributed by atoms with Crippen LogP contribution in [0.3, 0.4) is 0 Å². The summed E-state index contributed by atoms with van der Waals surface area (Å²) in [6, 6.07) is 1.92. The molecule has 1 amide bonds. The molecule has 21 heavy (non-hydrogen) atoms. The van der Waals surface area contributed by atoms with E-state index >= 15 is 0 Å². The molecule has 0 aromatic heterocycles. The fourth-order valence-electron chi connectivity index (χ4n) is 1.49. The van der Waals surface area contributed by atoms with Gasteiger partial charge in [0.25, 0.3) is 0 Å². The number of carbonyl (C=O) groups is 2. The molecule has 4 nitrogen and oxygen atoms in total. The van der Waals surface area contributed by atoms with Gasteiger partial charge in [-0.2, -0.15) is 22.0 Å². The van der Waals surface area contributed by atoms with E-state index in [0.29, 0.717) is 11.1 Å². The van der Waals surface area contributed by atoms with Crippen LogP contribution in [-0.4, -0.2) is 29.1 Å². The van der Waals surface area contributed by atoms with Gasteiger partial charge in [-0.05, 0) is 37.1 Å². The Morgan fingerprint density at radius 3 is 2.05 bits per heavy atom. The standard InChI is InChI=1S/C12H10F5NO3/c1-5-3-7(4-8(6(5)2)9(19)20)18-10(21)11(13,14)12(15,16)17/h3-4H,1-2H3,(H,18,21)(H,19,20). The molecule has 9 heteroatoms. The SMILES string of the molecule is Cc1cc(NC(=O)C(F)(F)C(F)(F)F)cc(C(=O)O)c1C. The second kappa shape index (κ2) is 5.30. The van der Waals surface area contributed by atoms with Gasteiger partial charge >= 0.3 is 24.0 Å². The number of nitrogens with one attached hydrogen (secondary N) is 1. The molecular formula is C12H10F5NO3. The molecule has 0 saturated heterocycles. The maximum absolute atomic E-state index is 12.8. The van der Waals surface area contributed by atoms with Gasteiger partial charge in [0.2, 0.25) is 0 Å². The van der Waals surface area contributed by atoms with Crippen LogP contribution in [-0.2, 0) is 4.79 Å². The third kappa shape index (κ3) is 3.29. The summed E-state index contributed by atoms with van der Waals surface area (Å²) in [5.41, 5.74) is -0.131. The quantitative estimate of drug-likeness (QED) is 0.843. The number of aromatic carboxylic acids is 1. The lowest BCUT2D eigenvalue weighted by Crippen LogP contribution is -2.47. The molecule has 0 fully saturated rings. The Bertz CT molecular complexity index is 595. The van der Waals surface area contributed by atoms with Crippen molar-refractivity contribution < 1.29 is 36.6 Å². The largest absolute Gasteiger partial charge is 0.478 e. The summed E-state index contributed by atoms with van der Waals surface area (Å²) in [4.78, 5) is 22.0. The van der Waals surface area contributed by atoms with Gasteiger partial charge in [-0.1, -0.05) is 0 Å². The number of hydrogen-bond donors (Lipinski definition) is 2. The number of benzene rings is 1. The second-order valence-electron chi connectivity index (χ2n) is 4.30. The molecule has 0 heterocycles. The van der Waals surface area contributed by atoms with Gasteiger partial charge in [0.1, 0.15) is 0 Å². The average molecular weight is 311 g/mol. The number of halogens is 5. The Balaban J connectivity index is 3.15. The van der Waals surface area contributed by atoms with E-state index in [9.17, 15) is 31.5 Å². The lowest BCUT2D eigenvalue weighted by Gasteiger charge is -2.19. The first-order chi connectivity index (χ1) is 9.37. The molecule has 0 bridgehead atoms. The van der Waals surface area contributed by atoms with Crippen molar-refractivity contribution in [3.63, 3.8) is 0 Å². The van der Waals surface area contributed by atoms with Crippen LogP contribution in [0, 0.1) is 13.8 Å². The van der Waals surface area contributed by atoms with E-state index in [1.807, 2.05) is 0 Å². The van der Waals surface area contributed by atoms with Gasteiger partial charge in [0, 0.05) is 5.69 Å². The van der Waals surface area contributed by atoms with E-state index in [1.165, 1.54) is 19.2 Å². The predicted molar refractivity (Wildman–Crippen MR) is 62.5 cm³/mol. The Morgan fingerprint density at radius 1 is 1.10 bits per heavy atom. The zero-order valence-corrected chi connectivity index (χ0v) is 10.8. The minimum Gasteiger partial charge on any atom is -0.478 e. The van der Waals surface area contributed by atoms with Crippen LogP contribution < -0.4 is 5.32 Å². The van der Waals surface area contributed by atoms with Crippen LogP contribution >= 0.6 is 0 Å². The summed E-state index contributed by atoms with van der Waals surface area (Å²) in [6.45, 7) is 2.87. The minimum absolute atomic E-state index is 0.305. The molecular weight excluding hydrogens is 301 g/mol. The van der Waals surface area contributed by atoms with Gasteiger partial charge in [0.05, 0.1) is 5.56 Å². The minimum atomic E-state index is -6.04. The first kappa shape index (κ1) is 16.9. The number of carboxylic acid groups (broad SMARTS) is 1. The van der Waals surface area contributed by atoms with Crippen molar-refractivity contribution in [1.29, 1.82) is 0 Å². The molecule has 0 atom stereocenters. The van der Waals surface area contributed by atoms with Gasteiger partial charge < -0.3 is 10.4 Å². The van der Waals surface area contributed by atoms with Crippen molar-refractivity contribution in [1.82, 2.24) is 0 Å². The normalized spacial score (nSPS) is 12.1. The highest BCUT2D eigenvalue weighted by atomic mass is 19.4. The number of carbonyl (C=O) groups excluding carboxylic acids is 1. The van der Waals surface area contributed by atoms with Crippen molar-refractivity contribution in [2.45, 2.75) is 25.9 Å². The maximum Gasteiger partial charge on any atom is 0.463 e. The third-order valence-electron chi connectivity index (χ3n) is 2.80. The number of hydrogen-bond acceptors (Lipinski definition) is 2. The number of amides is 1. The predicted octanol–water partition coefficient (Wildman–Crippen LogP) is 3.14. The molecule has 0 aliphatic heterocycles. The third-order valence-corrected chi connectivity index (χ3v) is 2.80. The van der Waals surface area contributed by atoms with Crippen molar-refractivity contribution in [2.75, 3.05) is 5.32 Å². The fourth-order valence-corrected chi connectivity index (χ4v) is 1.49. The Labute approximate surface area is 115 Å². The Hall–Kier alpha value is -2.19. The summed E-state index contributed by atoms with van der Waals surface area (Å²) in [6.07, 6.45) is -6.04. The van der Waals surface area contributed by atoms with Crippen LogP contribution in [0.2, 0.25) is 0 Å². The first-order valence-corrected chi connectivity index (χ1v) is 5.48. The van der Waals surface area contributed by atoms with Crippen LogP contribution in [0.5, 0.6) is 0 Å². The average Bonchev–Trinajstić information content (AvgIpc) is 2.31. The van der Waals surface area contributed by atoms with E-state index in [4.69, 9.17) is 5.11 Å². The van der Waals surface area contributed by atoms with Gasteiger partial charge in [-0.15, -0.1) is 0 Å². The summed E-state index contributed by atoms with van der Waals surface area (Å²) >= 11 is 0. The molecule has 116 valence electrons. The zero-order valence-electron chi connectivity index (χ0n) is 10.8. The molecule has 0 spiro atoms. The highest BCUT2D eigenvalue weighted by Gasteiger charge is 2.63. The van der Waals surface area contributed by atoms with Gasteiger partial charge in [-0.3, -0.25) is 4.79 Å². The monoisotopic (exact) mass is 311 g/mol.